The van der Waals surface area contributed by atoms with Gasteiger partial charge in [-0.2, -0.15) is 0 Å². The maximum absolute atomic E-state index is 12.2. The van der Waals surface area contributed by atoms with Gasteiger partial charge in [-0.05, 0) is 31.2 Å². The Labute approximate surface area is 167 Å². The summed E-state index contributed by atoms with van der Waals surface area (Å²) >= 11 is 0. The topological polar surface area (TPSA) is 75.6 Å². The van der Waals surface area contributed by atoms with Crippen LogP contribution in [-0.2, 0) is 20.7 Å². The molecule has 0 aliphatic rings. The summed E-state index contributed by atoms with van der Waals surface area (Å²) in [6.07, 6.45) is 2.35. The summed E-state index contributed by atoms with van der Waals surface area (Å²) in [6.45, 7) is 5.19. The van der Waals surface area contributed by atoms with E-state index in [0.29, 0.717) is 25.7 Å². The second kappa shape index (κ2) is 19.1. The molecule has 145 valence electrons. The van der Waals surface area contributed by atoms with E-state index in [9.17, 15) is 9.59 Å². The molecule has 1 aromatic rings. The van der Waals surface area contributed by atoms with Crippen molar-refractivity contribution in [1.82, 2.24) is 5.32 Å². The number of aliphatic hydroxyl groups excluding tert-OH is 1. The van der Waals surface area contributed by atoms with E-state index in [1.165, 1.54) is 21.1 Å². The van der Waals surface area contributed by atoms with E-state index in [-0.39, 0.29) is 18.4 Å². The quantitative estimate of drug-likeness (QED) is 0.395. The molecule has 5 nitrogen and oxygen atoms in total. The molecule has 0 heterocycles. The van der Waals surface area contributed by atoms with Crippen LogP contribution < -0.4 is 5.32 Å². The number of carbonyl (C=O) groups is 2. The molecule has 0 saturated heterocycles. The van der Waals surface area contributed by atoms with Gasteiger partial charge in [-0.3, -0.25) is 4.79 Å². The number of hydrogen-bond acceptors (Lipinski definition) is 4. The summed E-state index contributed by atoms with van der Waals surface area (Å²) in [6, 6.07) is 9.11. The molecule has 2 atom stereocenters. The Morgan fingerprint density at radius 3 is 2.26 bits per heavy atom. The van der Waals surface area contributed by atoms with Crippen LogP contribution in [-0.4, -0.2) is 59.5 Å². The molecule has 1 amide bonds. The lowest BCUT2D eigenvalue weighted by Gasteiger charge is -2.19. The zero-order valence-electron chi connectivity index (χ0n) is 17.0. The normalized spacial score (nSPS) is 11.4. The van der Waals surface area contributed by atoms with Gasteiger partial charge < -0.3 is 15.2 Å². The van der Waals surface area contributed by atoms with Crippen LogP contribution in [0.15, 0.2) is 30.3 Å². The maximum Gasteiger partial charge on any atom is 0.328 e. The number of methoxy groups -OCH3 is 1. The molecule has 0 fully saturated rings. The highest BCUT2D eigenvalue weighted by Gasteiger charge is 2.23. The molecule has 27 heavy (non-hydrogen) atoms. The van der Waals surface area contributed by atoms with Crippen LogP contribution >= 0.6 is 0 Å². The zero-order chi connectivity index (χ0) is 21.1. The summed E-state index contributed by atoms with van der Waals surface area (Å²) in [5.74, 6) is -0.839. The van der Waals surface area contributed by atoms with E-state index in [0.717, 1.165) is 5.56 Å². The standard InChI is InChI=1S/C17H25NO4.CH3B2.CH3B/c1-13(12-14-8-4-3-5-9-14)16(20)18-15(17(21)22-2)10-6-7-11-19;1-3-2;1-2/h3-5,8-9,13,15,19H,6-7,10-12H2,1-2H3,(H,18,20);1H3;1H3/t13-,15-;;/m0../s1. The van der Waals surface area contributed by atoms with Gasteiger partial charge in [0.05, 0.1) is 22.1 Å². The highest BCUT2D eigenvalue weighted by atomic mass is 16.5. The second-order valence-electron chi connectivity index (χ2n) is 5.73. The Bertz CT molecular complexity index is 489. The molecule has 1 aromatic carbocycles. The number of ether oxygens (including phenoxy) is 1. The number of aliphatic hydroxyl groups is 1. The first kappa shape index (κ1) is 27.5. The zero-order valence-corrected chi connectivity index (χ0v) is 17.0. The number of unbranched alkanes of at least 4 members (excludes halogenated alkanes) is 1. The number of benzene rings is 1. The molecule has 0 unspecified atom stereocenters. The number of carbonyl (C=O) groups excluding carboxylic acids is 2. The Hall–Kier alpha value is -1.69. The summed E-state index contributed by atoms with van der Waals surface area (Å²) in [4.78, 5) is 24.0. The first-order valence-electron chi connectivity index (χ1n) is 9.10. The van der Waals surface area contributed by atoms with E-state index in [2.05, 4.69) is 13.2 Å². The largest absolute Gasteiger partial charge is 0.467 e. The van der Waals surface area contributed by atoms with Crippen LogP contribution in [0.2, 0.25) is 13.6 Å². The lowest BCUT2D eigenvalue weighted by molar-refractivity contribution is -0.145. The number of rotatable bonds is 9. The number of hydrogen-bond donors (Lipinski definition) is 2. The van der Waals surface area contributed by atoms with Crippen molar-refractivity contribution in [2.75, 3.05) is 13.7 Å². The SMILES string of the molecule is COC(=O)[C@H](CCCCO)NC(=O)[C@@H](C)Cc1ccccc1.[B]C.[B][B]C. The fourth-order valence-corrected chi connectivity index (χ4v) is 2.23. The van der Waals surface area contributed by atoms with Crippen molar-refractivity contribution in [3.8, 4) is 0 Å². The van der Waals surface area contributed by atoms with Crippen molar-refractivity contribution in [3.05, 3.63) is 35.9 Å². The van der Waals surface area contributed by atoms with E-state index >= 15 is 0 Å². The molecule has 1 rings (SSSR count). The van der Waals surface area contributed by atoms with Crippen LogP contribution in [0.5, 0.6) is 0 Å². The molecule has 5 radical (unpaired) electrons. The average molecular weight is 370 g/mol. The minimum Gasteiger partial charge on any atom is -0.467 e. The highest BCUT2D eigenvalue weighted by molar-refractivity contribution is 6.88. The molecular weight excluding hydrogens is 339 g/mol. The molecule has 8 heteroatoms. The fourth-order valence-electron chi connectivity index (χ4n) is 2.23. The van der Waals surface area contributed by atoms with Crippen molar-refractivity contribution < 1.29 is 19.4 Å². The monoisotopic (exact) mass is 370 g/mol. The van der Waals surface area contributed by atoms with Crippen LogP contribution in [0, 0.1) is 5.92 Å². The van der Waals surface area contributed by atoms with Crippen LogP contribution in [0.4, 0.5) is 0 Å². The molecule has 0 spiro atoms. The van der Waals surface area contributed by atoms with Crippen molar-refractivity contribution in [1.29, 1.82) is 0 Å². The van der Waals surface area contributed by atoms with Gasteiger partial charge in [0.1, 0.15) is 6.04 Å². The Morgan fingerprint density at radius 2 is 1.78 bits per heavy atom. The van der Waals surface area contributed by atoms with E-state index < -0.39 is 12.0 Å². The Balaban J connectivity index is 0. The first-order chi connectivity index (χ1) is 13.0. The summed E-state index contributed by atoms with van der Waals surface area (Å²) in [5, 5.41) is 11.6. The van der Waals surface area contributed by atoms with E-state index in [1.807, 2.05) is 37.3 Å². The number of nitrogens with one attached hydrogen (secondary N) is 1. The lowest BCUT2D eigenvalue weighted by atomic mass is 9.59. The Morgan fingerprint density at radius 1 is 1.22 bits per heavy atom. The Kier molecular flexibility index (Phi) is 19.5. The number of esters is 1. The molecule has 2 N–H and O–H groups in total. The van der Waals surface area contributed by atoms with Crippen LogP contribution in [0.3, 0.4) is 0 Å². The first-order valence-corrected chi connectivity index (χ1v) is 9.10. The summed E-state index contributed by atoms with van der Waals surface area (Å²) in [5.41, 5.74) is 1.08. The second-order valence-corrected chi connectivity index (χ2v) is 5.73. The van der Waals surface area contributed by atoms with Crippen molar-refractivity contribution in [2.45, 2.75) is 52.3 Å². The molecule has 0 aliphatic carbocycles. The third kappa shape index (κ3) is 14.1. The smallest absolute Gasteiger partial charge is 0.328 e. The van der Waals surface area contributed by atoms with Crippen molar-refractivity contribution in [3.63, 3.8) is 0 Å². The summed E-state index contributed by atoms with van der Waals surface area (Å²) < 4.78 is 4.73. The van der Waals surface area contributed by atoms with Gasteiger partial charge in [0.15, 0.2) is 0 Å². The molecule has 0 saturated carbocycles. The average Bonchev–Trinajstić information content (AvgIpc) is 2.69. The predicted molar refractivity (Wildman–Crippen MR) is 113 cm³/mol. The van der Waals surface area contributed by atoms with Gasteiger partial charge in [-0.1, -0.05) is 44.1 Å². The molecule has 0 bridgehead atoms. The third-order valence-corrected chi connectivity index (χ3v) is 3.54. The lowest BCUT2D eigenvalue weighted by Crippen LogP contribution is -2.44. The van der Waals surface area contributed by atoms with Gasteiger partial charge in [0.25, 0.3) is 0 Å². The third-order valence-electron chi connectivity index (χ3n) is 3.54. The van der Waals surface area contributed by atoms with Gasteiger partial charge in [0, 0.05) is 20.3 Å². The van der Waals surface area contributed by atoms with Crippen molar-refractivity contribution in [2.24, 2.45) is 5.92 Å². The van der Waals surface area contributed by atoms with Gasteiger partial charge in [-0.15, -0.1) is 6.82 Å². The maximum atomic E-state index is 12.2. The van der Waals surface area contributed by atoms with E-state index in [4.69, 9.17) is 17.6 Å². The van der Waals surface area contributed by atoms with Crippen LogP contribution in [0.25, 0.3) is 0 Å². The summed E-state index contributed by atoms with van der Waals surface area (Å²) in [7, 11) is 12.0. The van der Waals surface area contributed by atoms with Crippen molar-refractivity contribution >= 4 is 34.6 Å². The molecule has 0 aromatic heterocycles. The predicted octanol–water partition coefficient (Wildman–Crippen LogP) is 1.71. The fraction of sp³-hybridized carbons (Fsp3) is 0.579. The van der Waals surface area contributed by atoms with Gasteiger partial charge in [-0.25, -0.2) is 4.79 Å². The number of amides is 1. The van der Waals surface area contributed by atoms with E-state index in [1.54, 1.807) is 6.82 Å². The highest BCUT2D eigenvalue weighted by Crippen LogP contribution is 2.10. The molecule has 0 aliphatic heterocycles. The van der Waals surface area contributed by atoms with Crippen LogP contribution in [0.1, 0.15) is 31.7 Å². The van der Waals surface area contributed by atoms with Gasteiger partial charge >= 0.3 is 5.97 Å². The minimum atomic E-state index is -0.651. The molecular formula is C19H31B3NO4. The minimum absolute atomic E-state index is 0.0756. The van der Waals surface area contributed by atoms with Gasteiger partial charge in [0.2, 0.25) is 5.91 Å².